The minimum Gasteiger partial charge on any atom is -0.505 e. The highest BCUT2D eigenvalue weighted by Gasteiger charge is 2.26. The molecule has 0 heterocycles. The van der Waals surface area contributed by atoms with Gasteiger partial charge in [0, 0.05) is 16.8 Å². The van der Waals surface area contributed by atoms with E-state index in [2.05, 4.69) is 10.2 Å². The fourth-order valence-electron chi connectivity index (χ4n) is 4.19. The molecule has 10 heteroatoms. The highest BCUT2D eigenvalue weighted by Crippen LogP contribution is 2.35. The summed E-state index contributed by atoms with van der Waals surface area (Å²) in [7, 11) is 0. The van der Waals surface area contributed by atoms with E-state index in [-0.39, 0.29) is 30.2 Å². The topological polar surface area (TPSA) is 157 Å². The third kappa shape index (κ3) is 15.6. The molecule has 1 saturated carbocycles. The van der Waals surface area contributed by atoms with Crippen molar-refractivity contribution in [1.82, 2.24) is 5.32 Å². The summed E-state index contributed by atoms with van der Waals surface area (Å²) >= 11 is 5.56. The second-order valence-corrected chi connectivity index (χ2v) is 9.90. The second kappa shape index (κ2) is 22.7. The number of phenols is 1. The summed E-state index contributed by atoms with van der Waals surface area (Å²) in [5, 5.41) is 22.4. The van der Waals surface area contributed by atoms with Crippen LogP contribution < -0.4 is 22.5 Å². The monoisotopic (exact) mass is 594 g/mol. The van der Waals surface area contributed by atoms with Crippen molar-refractivity contribution in [1.29, 1.82) is 0 Å². The number of aromatic hydroxyl groups is 1. The SMILES string of the molecule is C=O.CC.CC(CC(N)C(/C=C\COO)=C/N)C(CCNCC1CC1)c1cccc(O)c1F.Nc1cccc(Cl)c1. The quantitative estimate of drug-likeness (QED) is 0.0541. The smallest absolute Gasteiger partial charge is 0.168 e. The maximum atomic E-state index is 14.6. The maximum absolute atomic E-state index is 14.6. The summed E-state index contributed by atoms with van der Waals surface area (Å²) in [4.78, 5) is 12.0. The zero-order chi connectivity index (χ0) is 31.2. The highest BCUT2D eigenvalue weighted by molar-refractivity contribution is 6.30. The fraction of sp³-hybridized carbons (Fsp3) is 0.452. The number of carbonyl (C=O) groups is 1. The molecule has 230 valence electrons. The molecule has 1 aliphatic carbocycles. The van der Waals surface area contributed by atoms with E-state index in [0.717, 1.165) is 31.0 Å². The lowest BCUT2D eigenvalue weighted by Crippen LogP contribution is -2.29. The van der Waals surface area contributed by atoms with E-state index < -0.39 is 5.82 Å². The van der Waals surface area contributed by atoms with Gasteiger partial charge in [-0.25, -0.2) is 9.28 Å². The molecule has 3 atom stereocenters. The minimum atomic E-state index is -0.560. The first-order chi connectivity index (χ1) is 19.8. The van der Waals surface area contributed by atoms with Gasteiger partial charge in [0.1, 0.15) is 13.4 Å². The summed E-state index contributed by atoms with van der Waals surface area (Å²) in [6.07, 6.45) is 8.68. The number of phenolic OH excluding ortho intramolecular Hbond substituents is 1. The average molecular weight is 595 g/mol. The fourth-order valence-corrected chi connectivity index (χ4v) is 4.39. The molecule has 0 spiro atoms. The lowest BCUT2D eigenvalue weighted by molar-refractivity contribution is -0.231. The van der Waals surface area contributed by atoms with Crippen molar-refractivity contribution in [3.63, 3.8) is 0 Å². The lowest BCUT2D eigenvalue weighted by atomic mass is 9.80. The lowest BCUT2D eigenvalue weighted by Gasteiger charge is -2.28. The van der Waals surface area contributed by atoms with Gasteiger partial charge in [-0.1, -0.05) is 62.7 Å². The van der Waals surface area contributed by atoms with Gasteiger partial charge in [-0.2, -0.15) is 0 Å². The molecule has 0 aromatic heterocycles. The standard InChI is InChI=1S/C22H34FN3O3.C6H6ClN.C2H6.CH2O/c1-15(12-20(25)17(13-24)4-3-11-29-28)18(9-10-26-14-16-7-8-16)19-5-2-6-21(27)22(19)23;7-5-2-1-3-6(8)4-5;2*1-2/h2-6,13,15-16,18,20,26-28H,7-12,14,24-25H2,1H3;1-4H,8H2;1-2H3;1H2/b4-3-,17-13+;;;. The van der Waals surface area contributed by atoms with E-state index in [4.69, 9.17) is 38.9 Å². The van der Waals surface area contributed by atoms with Gasteiger partial charge < -0.3 is 32.4 Å². The van der Waals surface area contributed by atoms with Crippen molar-refractivity contribution in [3.8, 4) is 5.75 Å². The van der Waals surface area contributed by atoms with E-state index in [1.807, 2.05) is 33.6 Å². The van der Waals surface area contributed by atoms with Gasteiger partial charge in [0.15, 0.2) is 11.6 Å². The largest absolute Gasteiger partial charge is 0.505 e. The van der Waals surface area contributed by atoms with Crippen LogP contribution in [-0.2, 0) is 9.68 Å². The van der Waals surface area contributed by atoms with E-state index >= 15 is 0 Å². The Balaban J connectivity index is 0.00000112. The number of benzene rings is 2. The highest BCUT2D eigenvalue weighted by atomic mass is 35.5. The molecule has 1 aliphatic rings. The molecular formula is C31H48ClFN4O4. The molecule has 41 heavy (non-hydrogen) atoms. The second-order valence-electron chi connectivity index (χ2n) is 9.46. The summed E-state index contributed by atoms with van der Waals surface area (Å²) in [6, 6.07) is 11.5. The van der Waals surface area contributed by atoms with Crippen molar-refractivity contribution in [3.05, 3.63) is 82.8 Å². The summed E-state index contributed by atoms with van der Waals surface area (Å²) in [6.45, 7) is 9.87. The molecule has 0 saturated heterocycles. The van der Waals surface area contributed by atoms with Crippen molar-refractivity contribution < 1.29 is 24.4 Å². The number of carbonyl (C=O) groups excluding carboxylic acids is 1. The molecular weight excluding hydrogens is 547 g/mol. The van der Waals surface area contributed by atoms with Gasteiger partial charge in [-0.15, -0.1) is 0 Å². The molecule has 8 nitrogen and oxygen atoms in total. The zero-order valence-electron chi connectivity index (χ0n) is 24.4. The van der Waals surface area contributed by atoms with Gasteiger partial charge in [-0.3, -0.25) is 5.26 Å². The van der Waals surface area contributed by atoms with Crippen LogP contribution >= 0.6 is 11.6 Å². The van der Waals surface area contributed by atoms with Crippen LogP contribution in [0.2, 0.25) is 5.02 Å². The van der Waals surface area contributed by atoms with E-state index in [1.54, 1.807) is 42.5 Å². The molecule has 2 aromatic rings. The van der Waals surface area contributed by atoms with Gasteiger partial charge in [0.2, 0.25) is 0 Å². The molecule has 0 radical (unpaired) electrons. The Labute approximate surface area is 249 Å². The average Bonchev–Trinajstić information content (AvgIpc) is 3.80. The first kappa shape index (κ1) is 38.0. The number of nitrogens with two attached hydrogens (primary N) is 3. The number of hydrogen-bond donors (Lipinski definition) is 6. The van der Waals surface area contributed by atoms with Crippen molar-refractivity contribution >= 4 is 24.1 Å². The molecule has 3 rings (SSSR count). The maximum Gasteiger partial charge on any atom is 0.168 e. The van der Waals surface area contributed by atoms with Crippen LogP contribution in [0, 0.1) is 17.7 Å². The van der Waals surface area contributed by atoms with Gasteiger partial charge in [0.25, 0.3) is 0 Å². The van der Waals surface area contributed by atoms with E-state index in [1.165, 1.54) is 25.1 Å². The minimum absolute atomic E-state index is 0.0450. The third-order valence-corrected chi connectivity index (χ3v) is 6.67. The summed E-state index contributed by atoms with van der Waals surface area (Å²) in [5.74, 6) is -0.145. The molecule has 2 aromatic carbocycles. The van der Waals surface area contributed by atoms with Crippen LogP contribution in [0.25, 0.3) is 0 Å². The van der Waals surface area contributed by atoms with Crippen LogP contribution in [0.3, 0.4) is 0 Å². The van der Waals surface area contributed by atoms with Crippen LogP contribution in [-0.4, -0.2) is 42.9 Å². The Morgan fingerprint density at radius 3 is 2.44 bits per heavy atom. The van der Waals surface area contributed by atoms with E-state index in [0.29, 0.717) is 22.7 Å². The van der Waals surface area contributed by atoms with Gasteiger partial charge in [0.05, 0.1) is 0 Å². The number of rotatable bonds is 13. The molecule has 9 N–H and O–H groups in total. The van der Waals surface area contributed by atoms with Crippen molar-refractivity contribution in [2.75, 3.05) is 25.4 Å². The van der Waals surface area contributed by atoms with Crippen molar-refractivity contribution in [2.45, 2.75) is 58.4 Å². The Hall–Kier alpha value is -2.95. The van der Waals surface area contributed by atoms with Gasteiger partial charge in [-0.05, 0) is 98.1 Å². The molecule has 0 bridgehead atoms. The zero-order valence-corrected chi connectivity index (χ0v) is 25.2. The van der Waals surface area contributed by atoms with E-state index in [9.17, 15) is 9.50 Å². The Morgan fingerprint density at radius 1 is 1.24 bits per heavy atom. The number of halogens is 2. The Bertz CT molecular complexity index is 1020. The normalized spacial score (nSPS) is 14.9. The van der Waals surface area contributed by atoms with Crippen LogP contribution in [0.1, 0.15) is 57.9 Å². The summed E-state index contributed by atoms with van der Waals surface area (Å²) < 4.78 is 14.6. The third-order valence-electron chi connectivity index (χ3n) is 6.43. The summed E-state index contributed by atoms with van der Waals surface area (Å²) in [5.41, 5.74) is 19.3. The number of nitrogens with one attached hydrogen (secondary N) is 1. The predicted octanol–water partition coefficient (Wildman–Crippen LogP) is 6.01. The number of anilines is 1. The Morgan fingerprint density at radius 2 is 1.90 bits per heavy atom. The molecule has 3 unspecified atom stereocenters. The number of hydrogen-bond acceptors (Lipinski definition) is 8. The van der Waals surface area contributed by atoms with Crippen molar-refractivity contribution in [2.24, 2.45) is 23.3 Å². The molecule has 0 amide bonds. The first-order valence-electron chi connectivity index (χ1n) is 13.8. The molecule has 1 fully saturated rings. The van der Waals surface area contributed by atoms with Crippen LogP contribution in [0.4, 0.5) is 10.1 Å². The Kier molecular flexibility index (Phi) is 21.1. The van der Waals surface area contributed by atoms with Crippen LogP contribution in [0.5, 0.6) is 5.75 Å². The molecule has 0 aliphatic heterocycles. The van der Waals surface area contributed by atoms with Gasteiger partial charge >= 0.3 is 0 Å². The predicted molar refractivity (Wildman–Crippen MR) is 167 cm³/mol. The number of nitrogen functional groups attached to an aromatic ring is 1. The first-order valence-corrected chi connectivity index (χ1v) is 14.2. The van der Waals surface area contributed by atoms with Crippen LogP contribution in [0.15, 0.2) is 66.4 Å².